The zero-order valence-corrected chi connectivity index (χ0v) is 16.6. The van der Waals surface area contributed by atoms with Gasteiger partial charge in [-0.3, -0.25) is 9.97 Å². The molecule has 1 aliphatic rings. The average Bonchev–Trinajstić information content (AvgIpc) is 3.15. The van der Waals surface area contributed by atoms with Gasteiger partial charge in [0.05, 0.1) is 24.3 Å². The Bertz CT molecular complexity index is 1100. The third kappa shape index (κ3) is 3.66. The predicted molar refractivity (Wildman–Crippen MR) is 103 cm³/mol. The average molecular weight is 420 g/mol. The number of hydrogen-bond acceptors (Lipinski definition) is 6. The summed E-state index contributed by atoms with van der Waals surface area (Å²) in [6, 6.07) is 7.28. The smallest absolute Gasteiger partial charge is 0.262 e. The lowest BCUT2D eigenvalue weighted by Crippen LogP contribution is -2.42. The summed E-state index contributed by atoms with van der Waals surface area (Å²) in [5.41, 5.74) is 1.99. The Morgan fingerprint density at radius 1 is 1.21 bits per heavy atom. The Kier molecular flexibility index (Phi) is 5.15. The lowest BCUT2D eigenvalue weighted by molar-refractivity contribution is -0.00483. The fourth-order valence-corrected chi connectivity index (χ4v) is 4.69. The van der Waals surface area contributed by atoms with E-state index < -0.39 is 16.1 Å². The summed E-state index contributed by atoms with van der Waals surface area (Å²) in [6.07, 6.45) is 5.56. The van der Waals surface area contributed by atoms with Crippen LogP contribution in [0.2, 0.25) is 5.02 Å². The molecule has 1 fully saturated rings. The van der Waals surface area contributed by atoms with Crippen LogP contribution in [0.4, 0.5) is 0 Å². The van der Waals surface area contributed by atoms with Gasteiger partial charge in [0.25, 0.3) is 10.0 Å². The Labute approximate surface area is 167 Å². The number of aromatic nitrogens is 4. The predicted octanol–water partition coefficient (Wildman–Crippen LogP) is 2.29. The molecule has 0 radical (unpaired) electrons. The van der Waals surface area contributed by atoms with Crippen LogP contribution in [-0.4, -0.2) is 51.9 Å². The highest BCUT2D eigenvalue weighted by molar-refractivity contribution is 7.89. The highest BCUT2D eigenvalue weighted by Gasteiger charge is 2.34. The molecule has 28 heavy (non-hydrogen) atoms. The van der Waals surface area contributed by atoms with Gasteiger partial charge in [0.15, 0.2) is 5.03 Å². The standard InChI is InChI=1S/C18H18ClN5O3S/c1-23-11-16(22-12-23)28(25,26)24-7-8-27-15(10-24)18-17(20-5-6-21-18)13-3-2-4-14(19)9-13/h2-6,9,11-12,15H,7-8,10H2,1H3. The van der Waals surface area contributed by atoms with Crippen LogP contribution in [0.3, 0.4) is 0 Å². The first kappa shape index (κ1) is 19.0. The molecule has 0 aliphatic carbocycles. The van der Waals surface area contributed by atoms with Gasteiger partial charge in [-0.25, -0.2) is 13.4 Å². The van der Waals surface area contributed by atoms with E-state index in [0.717, 1.165) is 5.56 Å². The molecule has 10 heteroatoms. The molecule has 1 saturated heterocycles. The molecule has 1 aliphatic heterocycles. The molecule has 1 unspecified atom stereocenters. The van der Waals surface area contributed by atoms with Crippen molar-refractivity contribution < 1.29 is 13.2 Å². The molecular formula is C18H18ClN5O3S. The van der Waals surface area contributed by atoms with Crippen LogP contribution in [0.1, 0.15) is 11.8 Å². The monoisotopic (exact) mass is 419 g/mol. The number of sulfonamides is 1. The number of benzene rings is 1. The van der Waals surface area contributed by atoms with E-state index in [9.17, 15) is 8.42 Å². The summed E-state index contributed by atoms with van der Waals surface area (Å²) in [6.45, 7) is 0.635. The summed E-state index contributed by atoms with van der Waals surface area (Å²) in [4.78, 5) is 12.8. The van der Waals surface area contributed by atoms with Crippen molar-refractivity contribution in [1.29, 1.82) is 0 Å². The zero-order chi connectivity index (χ0) is 19.7. The van der Waals surface area contributed by atoms with Gasteiger partial charge in [-0.05, 0) is 12.1 Å². The number of morpholine rings is 1. The molecule has 0 saturated carbocycles. The molecule has 0 N–H and O–H groups in total. The zero-order valence-electron chi connectivity index (χ0n) is 15.1. The van der Waals surface area contributed by atoms with E-state index >= 15 is 0 Å². The maximum absolute atomic E-state index is 12.9. The minimum absolute atomic E-state index is 0.0184. The van der Waals surface area contributed by atoms with Crippen molar-refractivity contribution in [3.63, 3.8) is 0 Å². The van der Waals surface area contributed by atoms with Crippen LogP contribution in [-0.2, 0) is 21.8 Å². The Hall–Kier alpha value is -2.33. The van der Waals surface area contributed by atoms with E-state index in [1.807, 2.05) is 12.1 Å². The van der Waals surface area contributed by atoms with Crippen molar-refractivity contribution in [3.05, 3.63) is 59.9 Å². The van der Waals surface area contributed by atoms with Gasteiger partial charge in [-0.2, -0.15) is 4.31 Å². The van der Waals surface area contributed by atoms with Crippen LogP contribution in [0.5, 0.6) is 0 Å². The normalized spacial score (nSPS) is 18.3. The van der Waals surface area contributed by atoms with Crippen LogP contribution in [0, 0.1) is 0 Å². The van der Waals surface area contributed by atoms with E-state index in [-0.39, 0.29) is 24.7 Å². The van der Waals surface area contributed by atoms with Crippen molar-refractivity contribution in [2.24, 2.45) is 7.05 Å². The molecule has 3 aromatic rings. The van der Waals surface area contributed by atoms with Gasteiger partial charge in [0, 0.05) is 49.3 Å². The van der Waals surface area contributed by atoms with Gasteiger partial charge in [0.2, 0.25) is 0 Å². The van der Waals surface area contributed by atoms with Gasteiger partial charge in [-0.15, -0.1) is 0 Å². The molecule has 0 amide bonds. The van der Waals surface area contributed by atoms with Gasteiger partial charge < -0.3 is 9.30 Å². The van der Waals surface area contributed by atoms with Gasteiger partial charge >= 0.3 is 0 Å². The van der Waals surface area contributed by atoms with E-state index in [4.69, 9.17) is 16.3 Å². The number of halogens is 1. The van der Waals surface area contributed by atoms with Crippen molar-refractivity contribution in [2.75, 3.05) is 19.7 Å². The highest BCUT2D eigenvalue weighted by Crippen LogP contribution is 2.31. The number of imidazole rings is 1. The maximum Gasteiger partial charge on any atom is 0.262 e. The minimum atomic E-state index is -3.71. The molecule has 8 nitrogen and oxygen atoms in total. The largest absolute Gasteiger partial charge is 0.369 e. The maximum atomic E-state index is 12.9. The molecule has 3 heterocycles. The van der Waals surface area contributed by atoms with Gasteiger partial charge in [0.1, 0.15) is 6.10 Å². The summed E-state index contributed by atoms with van der Waals surface area (Å²) < 4.78 is 34.7. The lowest BCUT2D eigenvalue weighted by Gasteiger charge is -2.31. The summed E-state index contributed by atoms with van der Waals surface area (Å²) in [7, 11) is -1.99. The number of ether oxygens (including phenoxy) is 1. The summed E-state index contributed by atoms with van der Waals surface area (Å²) in [5.74, 6) is 0. The van der Waals surface area contributed by atoms with E-state index in [1.165, 1.54) is 16.8 Å². The molecule has 146 valence electrons. The lowest BCUT2D eigenvalue weighted by atomic mass is 10.1. The summed E-state index contributed by atoms with van der Waals surface area (Å²) >= 11 is 6.11. The molecule has 0 bridgehead atoms. The Balaban J connectivity index is 1.66. The number of rotatable bonds is 4. The summed E-state index contributed by atoms with van der Waals surface area (Å²) in [5, 5.41) is 0.600. The molecular weight excluding hydrogens is 402 g/mol. The van der Waals surface area contributed by atoms with Crippen molar-refractivity contribution in [3.8, 4) is 11.3 Å². The van der Waals surface area contributed by atoms with Crippen LogP contribution in [0.15, 0.2) is 54.2 Å². The molecule has 4 rings (SSSR count). The quantitative estimate of drug-likeness (QED) is 0.644. The van der Waals surface area contributed by atoms with E-state index in [2.05, 4.69) is 15.0 Å². The molecule has 1 aromatic carbocycles. The van der Waals surface area contributed by atoms with Crippen LogP contribution < -0.4 is 0 Å². The van der Waals surface area contributed by atoms with Crippen molar-refractivity contribution in [1.82, 2.24) is 23.8 Å². The first-order valence-electron chi connectivity index (χ1n) is 8.62. The van der Waals surface area contributed by atoms with E-state index in [0.29, 0.717) is 16.4 Å². The second kappa shape index (κ2) is 7.59. The highest BCUT2D eigenvalue weighted by atomic mass is 35.5. The van der Waals surface area contributed by atoms with Crippen molar-refractivity contribution >= 4 is 21.6 Å². The van der Waals surface area contributed by atoms with E-state index in [1.54, 1.807) is 36.1 Å². The minimum Gasteiger partial charge on any atom is -0.369 e. The number of hydrogen-bond donors (Lipinski definition) is 0. The Morgan fingerprint density at radius 3 is 2.79 bits per heavy atom. The van der Waals surface area contributed by atoms with Crippen molar-refractivity contribution in [2.45, 2.75) is 11.1 Å². The fraction of sp³-hybridized carbons (Fsp3) is 0.278. The third-order valence-electron chi connectivity index (χ3n) is 4.44. The number of nitrogens with zero attached hydrogens (tertiary/aromatic N) is 5. The fourth-order valence-electron chi connectivity index (χ4n) is 3.11. The molecule has 0 spiro atoms. The SMILES string of the molecule is Cn1cnc(S(=O)(=O)N2CCOC(c3nccnc3-c3cccc(Cl)c3)C2)c1. The van der Waals surface area contributed by atoms with Crippen LogP contribution in [0.25, 0.3) is 11.3 Å². The first-order chi connectivity index (χ1) is 13.4. The number of aryl methyl sites for hydroxylation is 1. The molecule has 1 atom stereocenters. The topological polar surface area (TPSA) is 90.2 Å². The Morgan fingerprint density at radius 2 is 2.04 bits per heavy atom. The van der Waals surface area contributed by atoms with Crippen LogP contribution >= 0.6 is 11.6 Å². The molecule has 2 aromatic heterocycles. The second-order valence-electron chi connectivity index (χ2n) is 6.40. The first-order valence-corrected chi connectivity index (χ1v) is 10.4. The third-order valence-corrected chi connectivity index (χ3v) is 6.43. The second-order valence-corrected chi connectivity index (χ2v) is 8.72. The van der Waals surface area contributed by atoms with Gasteiger partial charge in [-0.1, -0.05) is 23.7 Å².